The highest BCUT2D eigenvalue weighted by Gasteiger charge is 2.34. The third kappa shape index (κ3) is 14.9. The van der Waals surface area contributed by atoms with E-state index in [1.165, 1.54) is 0 Å². The van der Waals surface area contributed by atoms with Gasteiger partial charge in [-0.15, -0.1) is 0 Å². The van der Waals surface area contributed by atoms with E-state index in [2.05, 4.69) is 17.0 Å². The summed E-state index contributed by atoms with van der Waals surface area (Å²) in [5.41, 5.74) is 3.00. The van der Waals surface area contributed by atoms with Crippen molar-refractivity contribution in [1.29, 1.82) is 0 Å². The van der Waals surface area contributed by atoms with Crippen LogP contribution in [-0.4, -0.2) is 107 Å². The van der Waals surface area contributed by atoms with Gasteiger partial charge in [0.15, 0.2) is 0 Å². The Bertz CT molecular complexity index is 1490. The van der Waals surface area contributed by atoms with E-state index < -0.39 is 0 Å². The van der Waals surface area contributed by atoms with Gasteiger partial charge in [0.25, 0.3) is 0 Å². The van der Waals surface area contributed by atoms with Crippen LogP contribution in [0.2, 0.25) is 0 Å². The molecule has 2 unspecified atom stereocenters. The van der Waals surface area contributed by atoms with Crippen LogP contribution in [0.15, 0.2) is 66.7 Å². The van der Waals surface area contributed by atoms with Gasteiger partial charge in [0.1, 0.15) is 23.0 Å². The number of ether oxygens (including phenoxy) is 8. The predicted octanol–water partition coefficient (Wildman–Crippen LogP) is 6.80. The van der Waals surface area contributed by atoms with Gasteiger partial charge < -0.3 is 42.8 Å². The average molecular weight is 757 g/mol. The van der Waals surface area contributed by atoms with Crippen molar-refractivity contribution in [2.45, 2.75) is 63.8 Å². The van der Waals surface area contributed by atoms with E-state index in [4.69, 9.17) is 48.3 Å². The van der Waals surface area contributed by atoms with Gasteiger partial charge in [-0.05, 0) is 67.1 Å². The Hall–Kier alpha value is -4.15. The molecule has 0 saturated carbocycles. The molecule has 298 valence electrons. The molecule has 3 aromatic carbocycles. The number of benzene rings is 3. The van der Waals surface area contributed by atoms with Crippen LogP contribution in [0, 0.1) is 0 Å². The smallest absolute Gasteiger partial charge is 0.409 e. The maximum atomic E-state index is 13.1. The maximum Gasteiger partial charge on any atom is 0.409 e. The number of hydrogen-bond donors (Lipinski definition) is 2. The number of unbranched alkanes of at least 4 members (excludes halogenated alkanes) is 2. The third-order valence-corrected chi connectivity index (χ3v) is 8.90. The lowest BCUT2D eigenvalue weighted by Crippen LogP contribution is -2.47. The molecule has 1 aliphatic rings. The van der Waals surface area contributed by atoms with E-state index in [9.17, 15) is 4.79 Å². The van der Waals surface area contributed by atoms with E-state index in [1.54, 1.807) is 26.2 Å². The molecule has 2 N–H and O–H groups in total. The topological polar surface area (TPSA) is 147 Å². The Balaban J connectivity index is 1.33. The molecule has 54 heavy (non-hydrogen) atoms. The number of nitrogens with zero attached hydrogens (tertiary/aromatic N) is 2. The van der Waals surface area contributed by atoms with E-state index in [1.807, 2.05) is 54.6 Å². The normalized spacial score (nSPS) is 15.6. The molecule has 3 aromatic rings. The Morgan fingerprint density at radius 1 is 0.759 bits per heavy atom. The summed E-state index contributed by atoms with van der Waals surface area (Å²) in [5, 5.41) is 17.0. The summed E-state index contributed by atoms with van der Waals surface area (Å²) in [6.07, 6.45) is 3.40. The number of amides is 1. The zero-order valence-corrected chi connectivity index (χ0v) is 31.7. The van der Waals surface area contributed by atoms with Crippen LogP contribution in [0.4, 0.5) is 4.79 Å². The van der Waals surface area contributed by atoms with Gasteiger partial charge >= 0.3 is 6.09 Å². The number of likely N-dealkylation sites (tertiary alicyclic amines) is 1. The average Bonchev–Trinajstić information content (AvgIpc) is 3.19. The van der Waals surface area contributed by atoms with Gasteiger partial charge in [-0.1, -0.05) is 30.3 Å². The Morgan fingerprint density at radius 3 is 2.26 bits per heavy atom. The number of rotatable bonds is 25. The summed E-state index contributed by atoms with van der Waals surface area (Å²) in [7, 11) is 4.94. The van der Waals surface area contributed by atoms with E-state index in [0.29, 0.717) is 83.3 Å². The Kier molecular flexibility index (Phi) is 19.2. The fourth-order valence-corrected chi connectivity index (χ4v) is 6.09. The van der Waals surface area contributed by atoms with Crippen LogP contribution in [-0.2, 0) is 37.0 Å². The van der Waals surface area contributed by atoms with Gasteiger partial charge in [0.2, 0.25) is 0 Å². The molecule has 14 nitrogen and oxygen atoms in total. The maximum absolute atomic E-state index is 13.1. The number of piperidine rings is 1. The number of carbonyl (C=O) groups is 1. The van der Waals surface area contributed by atoms with Crippen molar-refractivity contribution in [1.82, 2.24) is 10.3 Å². The second-order valence-corrected chi connectivity index (χ2v) is 12.8. The first kappa shape index (κ1) is 42.6. The van der Waals surface area contributed by atoms with Crippen LogP contribution in [0.3, 0.4) is 0 Å². The lowest BCUT2D eigenvalue weighted by atomic mass is 9.87. The second-order valence-electron chi connectivity index (χ2n) is 12.8. The standard InChI is InChI=1S/C40H56N2O12/c1-46-19-9-22-51-36-26-31(25-35(27-36)47-2)29-53-39-28-41(40(43)52-21-7-4-8-24-54-42(44)45)18-17-37(39)32-13-15-34(16-14-32)50-23-10-20-49-30-33-11-5-6-12-38(33)48-3/h5-6,11-16,25-27,37,39,44-45H,4,7-10,17-24,28-30H2,1-3H3. The van der Waals surface area contributed by atoms with Crippen molar-refractivity contribution in [2.24, 2.45) is 0 Å². The molecule has 1 fully saturated rings. The third-order valence-electron chi connectivity index (χ3n) is 8.90. The molecule has 0 spiro atoms. The number of hydrogen-bond acceptors (Lipinski definition) is 13. The highest BCUT2D eigenvalue weighted by atomic mass is 17.1. The Morgan fingerprint density at radius 2 is 1.50 bits per heavy atom. The number of para-hydroxylation sites is 1. The molecule has 14 heteroatoms. The SMILES string of the molecule is COCCCOc1cc(COC2CN(C(=O)OCCCCCON(O)O)CCC2c2ccc(OCCCOCc3ccccc3OC)cc2)cc(OC)c1. The van der Waals surface area contributed by atoms with Crippen molar-refractivity contribution in [3.8, 4) is 23.0 Å². The molecular weight excluding hydrogens is 700 g/mol. The van der Waals surface area contributed by atoms with Crippen LogP contribution < -0.4 is 18.9 Å². The summed E-state index contributed by atoms with van der Waals surface area (Å²) in [6, 6.07) is 21.6. The number of carbonyl (C=O) groups excluding carboxylic acids is 1. The van der Waals surface area contributed by atoms with Crippen LogP contribution in [0.1, 0.15) is 61.1 Å². The van der Waals surface area contributed by atoms with Crippen LogP contribution >= 0.6 is 0 Å². The zero-order chi connectivity index (χ0) is 38.4. The van der Waals surface area contributed by atoms with Gasteiger partial charge in [-0.2, -0.15) is 0 Å². The summed E-state index contributed by atoms with van der Waals surface area (Å²) >= 11 is 0. The molecule has 4 rings (SSSR count). The summed E-state index contributed by atoms with van der Waals surface area (Å²) < 4.78 is 46.0. The van der Waals surface area contributed by atoms with Gasteiger partial charge in [-0.3, -0.25) is 15.3 Å². The predicted molar refractivity (Wildman–Crippen MR) is 198 cm³/mol. The monoisotopic (exact) mass is 756 g/mol. The molecule has 0 radical (unpaired) electrons. The highest BCUT2D eigenvalue weighted by Crippen LogP contribution is 2.33. The van der Waals surface area contributed by atoms with E-state index >= 15 is 0 Å². The molecule has 0 aromatic heterocycles. The number of methoxy groups -OCH3 is 3. The largest absolute Gasteiger partial charge is 0.497 e. The fourth-order valence-electron chi connectivity index (χ4n) is 6.09. The van der Waals surface area contributed by atoms with Crippen LogP contribution in [0.5, 0.6) is 23.0 Å². The van der Waals surface area contributed by atoms with Gasteiger partial charge in [-0.25, -0.2) is 4.79 Å². The summed E-state index contributed by atoms with van der Waals surface area (Å²) in [4.78, 5) is 19.4. The lowest BCUT2D eigenvalue weighted by molar-refractivity contribution is -0.492. The molecule has 1 amide bonds. The van der Waals surface area contributed by atoms with Crippen molar-refractivity contribution in [2.75, 3.05) is 74.1 Å². The van der Waals surface area contributed by atoms with Gasteiger partial charge in [0, 0.05) is 50.7 Å². The minimum atomic E-state index is -0.390. The van der Waals surface area contributed by atoms with Crippen molar-refractivity contribution >= 4 is 6.09 Å². The summed E-state index contributed by atoms with van der Waals surface area (Å²) in [5.74, 6) is 2.96. The molecular formula is C40H56N2O12. The van der Waals surface area contributed by atoms with Crippen LogP contribution in [0.25, 0.3) is 0 Å². The van der Waals surface area contributed by atoms with Crippen molar-refractivity contribution in [3.63, 3.8) is 0 Å². The van der Waals surface area contributed by atoms with E-state index in [0.717, 1.165) is 41.0 Å². The molecule has 1 saturated heterocycles. The first-order chi connectivity index (χ1) is 26.4. The van der Waals surface area contributed by atoms with Crippen molar-refractivity contribution < 1.29 is 57.9 Å². The van der Waals surface area contributed by atoms with Gasteiger partial charge in [0.05, 0.1) is 78.5 Å². The Labute approximate surface area is 318 Å². The second kappa shape index (κ2) is 24.3. The fraction of sp³-hybridized carbons (Fsp3) is 0.525. The first-order valence-electron chi connectivity index (χ1n) is 18.5. The first-order valence-corrected chi connectivity index (χ1v) is 18.5. The zero-order valence-electron chi connectivity index (χ0n) is 31.7. The molecule has 1 heterocycles. The summed E-state index contributed by atoms with van der Waals surface area (Å²) in [6.45, 7) is 4.25. The lowest BCUT2D eigenvalue weighted by Gasteiger charge is -2.38. The molecule has 0 aliphatic carbocycles. The highest BCUT2D eigenvalue weighted by molar-refractivity contribution is 5.67. The molecule has 1 aliphatic heterocycles. The minimum absolute atomic E-state index is 0.0273. The molecule has 0 bridgehead atoms. The minimum Gasteiger partial charge on any atom is -0.497 e. The quantitative estimate of drug-likeness (QED) is 0.0691. The molecule has 2 atom stereocenters. The van der Waals surface area contributed by atoms with E-state index in [-0.39, 0.29) is 43.3 Å². The van der Waals surface area contributed by atoms with Crippen molar-refractivity contribution in [3.05, 3.63) is 83.4 Å².